The summed E-state index contributed by atoms with van der Waals surface area (Å²) < 4.78 is 0. The largest absolute Gasteiger partial charge is 0.481 e. The number of carboxylic acid groups (broad SMARTS) is 4. The monoisotopic (exact) mass is 858 g/mol. The summed E-state index contributed by atoms with van der Waals surface area (Å²) in [7, 11) is 0. The molecular weight excluding hydrogens is 800 g/mol. The molecule has 0 radical (unpaired) electrons. The molecule has 0 bridgehead atoms. The maximum atomic E-state index is 13.8. The highest BCUT2D eigenvalue weighted by atomic mass is 16.4. The van der Waals surface area contributed by atoms with E-state index in [2.05, 4.69) is 26.6 Å². The number of nitrogens with one attached hydrogen (secondary N) is 6. The summed E-state index contributed by atoms with van der Waals surface area (Å²) in [5.74, 6) is -14.2. The van der Waals surface area contributed by atoms with Gasteiger partial charge in [0, 0.05) is 19.4 Å². The van der Waals surface area contributed by atoms with Crippen LogP contribution in [0.3, 0.4) is 0 Å². The average Bonchev–Trinajstić information content (AvgIpc) is 3.66. The maximum absolute atomic E-state index is 13.8. The third-order valence-electron chi connectivity index (χ3n) is 9.71. The van der Waals surface area contributed by atoms with Crippen molar-refractivity contribution in [3.8, 4) is 0 Å². The molecule has 1 fully saturated rings. The Bertz CT molecular complexity index is 1610. The summed E-state index contributed by atoms with van der Waals surface area (Å²) in [5, 5.41) is 61.4. The van der Waals surface area contributed by atoms with Crippen LogP contribution < -0.4 is 37.6 Å². The van der Waals surface area contributed by atoms with Gasteiger partial charge in [-0.2, -0.15) is 0 Å². The van der Waals surface area contributed by atoms with E-state index >= 15 is 0 Å². The summed E-state index contributed by atoms with van der Waals surface area (Å²) in [6, 6.07) is -10.9. The van der Waals surface area contributed by atoms with E-state index in [1.54, 1.807) is 13.8 Å². The number of likely N-dealkylation sites (tertiary alicyclic amines) is 1. The molecule has 0 aromatic heterocycles. The third-order valence-corrected chi connectivity index (χ3v) is 9.71. The van der Waals surface area contributed by atoms with Gasteiger partial charge in [-0.25, -0.2) is 4.79 Å². The van der Waals surface area contributed by atoms with E-state index in [9.17, 15) is 73.2 Å². The number of aliphatic hydroxyl groups is 1. The quantitative estimate of drug-likeness (QED) is 0.0397. The summed E-state index contributed by atoms with van der Waals surface area (Å²) >= 11 is 0. The first-order valence-corrected chi connectivity index (χ1v) is 19.3. The molecule has 24 nitrogen and oxygen atoms in total. The van der Waals surface area contributed by atoms with Gasteiger partial charge < -0.3 is 68.1 Å². The highest BCUT2D eigenvalue weighted by Gasteiger charge is 2.39. The van der Waals surface area contributed by atoms with Gasteiger partial charge in [-0.1, -0.05) is 34.1 Å². The second-order valence-corrected chi connectivity index (χ2v) is 14.8. The smallest absolute Gasteiger partial charge is 0.326 e. The lowest BCUT2D eigenvalue weighted by molar-refractivity contribution is -0.147. The lowest BCUT2D eigenvalue weighted by Crippen LogP contribution is -2.62. The van der Waals surface area contributed by atoms with E-state index in [1.165, 1.54) is 25.7 Å². The minimum Gasteiger partial charge on any atom is -0.481 e. The van der Waals surface area contributed by atoms with Crippen molar-refractivity contribution >= 4 is 65.2 Å². The molecule has 1 rings (SSSR count). The van der Waals surface area contributed by atoms with Crippen LogP contribution in [0.25, 0.3) is 0 Å². The number of aliphatic hydroxyl groups excluding tert-OH is 1. The van der Waals surface area contributed by atoms with Crippen LogP contribution in [-0.4, -0.2) is 157 Å². The molecule has 1 heterocycles. The number of carboxylic acids is 4. The molecule has 1 saturated heterocycles. The van der Waals surface area contributed by atoms with Crippen molar-refractivity contribution in [3.63, 3.8) is 0 Å². The number of hydrogen-bond acceptors (Lipinski definition) is 13. The van der Waals surface area contributed by atoms with Gasteiger partial charge in [0.05, 0.1) is 19.1 Å². The Morgan fingerprint density at radius 2 is 1.10 bits per heavy atom. The predicted octanol–water partition coefficient (Wildman–Crippen LogP) is -3.78. The van der Waals surface area contributed by atoms with Crippen molar-refractivity contribution in [1.29, 1.82) is 0 Å². The minimum absolute atomic E-state index is 0.248. The van der Waals surface area contributed by atoms with E-state index in [4.69, 9.17) is 10.8 Å². The van der Waals surface area contributed by atoms with E-state index in [0.29, 0.717) is 6.42 Å². The Morgan fingerprint density at radius 3 is 1.55 bits per heavy atom. The van der Waals surface area contributed by atoms with E-state index in [0.717, 1.165) is 0 Å². The predicted molar refractivity (Wildman–Crippen MR) is 205 cm³/mol. The minimum atomic E-state index is -1.88. The molecule has 0 saturated carbocycles. The number of carbonyl (C=O) groups is 11. The lowest BCUT2D eigenvalue weighted by Gasteiger charge is -2.30. The van der Waals surface area contributed by atoms with Gasteiger partial charge >= 0.3 is 23.9 Å². The first-order valence-electron chi connectivity index (χ1n) is 19.3. The second kappa shape index (κ2) is 24.9. The van der Waals surface area contributed by atoms with Crippen molar-refractivity contribution in [2.75, 3.05) is 13.1 Å². The second-order valence-electron chi connectivity index (χ2n) is 14.8. The fraction of sp³-hybridized carbons (Fsp3) is 0.694. The molecule has 0 spiro atoms. The number of carbonyl (C=O) groups excluding carboxylic acids is 7. The average molecular weight is 859 g/mol. The number of hydrogen-bond donors (Lipinski definition) is 12. The normalized spacial score (nSPS) is 17.6. The van der Waals surface area contributed by atoms with Crippen molar-refractivity contribution < 1.29 is 78.3 Å². The Kier molecular flexibility index (Phi) is 21.6. The van der Waals surface area contributed by atoms with Crippen molar-refractivity contribution in [2.24, 2.45) is 17.6 Å². The molecule has 0 aromatic rings. The zero-order valence-corrected chi connectivity index (χ0v) is 34.1. The van der Waals surface area contributed by atoms with Crippen LogP contribution in [0.5, 0.6) is 0 Å². The number of nitrogens with two attached hydrogens (primary N) is 1. The van der Waals surface area contributed by atoms with Crippen LogP contribution in [0.1, 0.15) is 86.0 Å². The van der Waals surface area contributed by atoms with Crippen LogP contribution in [0.2, 0.25) is 0 Å². The number of rotatable bonds is 26. The molecule has 7 amide bonds. The molecular formula is C36H58N8O16. The third kappa shape index (κ3) is 16.8. The van der Waals surface area contributed by atoms with Crippen molar-refractivity contribution in [2.45, 2.75) is 134 Å². The summed E-state index contributed by atoms with van der Waals surface area (Å²) in [6.45, 7) is 7.19. The number of amides is 7. The maximum Gasteiger partial charge on any atom is 0.326 e. The summed E-state index contributed by atoms with van der Waals surface area (Å²) in [4.78, 5) is 140. The molecule has 338 valence electrons. The van der Waals surface area contributed by atoms with E-state index in [-0.39, 0.29) is 25.9 Å². The van der Waals surface area contributed by atoms with Gasteiger partial charge in [-0.15, -0.1) is 0 Å². The Hall–Kier alpha value is -5.91. The standard InChI is InChI=1S/C36H58N8O16/c1-6-17(4)28(42-35(58)29(18(5)45)43-32(55)22-8-7-13-44(22)23(46)15-37)34(57)39-19(9-11-24(47)48)30(53)38-20(10-12-25(49)50)31(54)41-27(16(2)3)33(56)40-21(36(59)60)14-26(51)52/h16-22,27-29,45H,6-15,37H2,1-5H3,(H,38,53)(H,39,57)(H,40,56)(H,41,54)(H,42,58)(H,43,55)(H,47,48)(H,49,50)(H,51,52)(H,59,60)/t17-,18+,19-,20-,21-,22-,27-,28-,29-/m0/s1. The number of aliphatic carboxylic acids is 4. The van der Waals surface area contributed by atoms with Gasteiger partial charge in [0.25, 0.3) is 0 Å². The first-order chi connectivity index (χ1) is 27.9. The number of nitrogens with zero attached hydrogens (tertiary/aromatic N) is 1. The molecule has 0 unspecified atom stereocenters. The summed E-state index contributed by atoms with van der Waals surface area (Å²) in [6.07, 6.45) is -4.11. The molecule has 24 heteroatoms. The summed E-state index contributed by atoms with van der Waals surface area (Å²) in [5.41, 5.74) is 5.45. The van der Waals surface area contributed by atoms with Gasteiger partial charge in [0.2, 0.25) is 41.4 Å². The van der Waals surface area contributed by atoms with Crippen LogP contribution in [-0.2, 0) is 52.7 Å². The van der Waals surface area contributed by atoms with Gasteiger partial charge in [-0.3, -0.25) is 47.9 Å². The van der Waals surface area contributed by atoms with Gasteiger partial charge in [-0.05, 0) is 44.4 Å². The SMILES string of the molecule is CC[C@H](C)[C@H](NC(=O)[C@@H](NC(=O)[C@@H]1CCCN1C(=O)CN)[C@@H](C)O)C(=O)N[C@@H](CCC(=O)O)C(=O)N[C@@H](CCC(=O)O)C(=O)N[C@H](C(=O)N[C@@H](CC(=O)O)C(=O)O)C(C)C. The van der Waals surface area contributed by atoms with Crippen molar-refractivity contribution in [3.05, 3.63) is 0 Å². The van der Waals surface area contributed by atoms with Crippen LogP contribution >= 0.6 is 0 Å². The molecule has 9 atom stereocenters. The molecule has 1 aliphatic heterocycles. The Balaban J connectivity index is 3.37. The fourth-order valence-electron chi connectivity index (χ4n) is 6.09. The van der Waals surface area contributed by atoms with E-state index < -0.39 is 158 Å². The van der Waals surface area contributed by atoms with Crippen LogP contribution in [0.4, 0.5) is 0 Å². The molecule has 13 N–H and O–H groups in total. The molecule has 1 aliphatic rings. The molecule has 60 heavy (non-hydrogen) atoms. The zero-order chi connectivity index (χ0) is 46.0. The fourth-order valence-corrected chi connectivity index (χ4v) is 6.09. The molecule has 0 aliphatic carbocycles. The first kappa shape index (κ1) is 52.1. The van der Waals surface area contributed by atoms with Crippen molar-refractivity contribution in [1.82, 2.24) is 36.8 Å². The highest BCUT2D eigenvalue weighted by molar-refractivity contribution is 5.98. The lowest BCUT2D eigenvalue weighted by atomic mass is 9.96. The topological polar surface area (TPSA) is 390 Å². The highest BCUT2D eigenvalue weighted by Crippen LogP contribution is 2.18. The van der Waals surface area contributed by atoms with Crippen LogP contribution in [0.15, 0.2) is 0 Å². The van der Waals surface area contributed by atoms with Gasteiger partial charge in [0.15, 0.2) is 0 Å². The Labute approximate surface area is 345 Å². The van der Waals surface area contributed by atoms with E-state index in [1.807, 2.05) is 5.32 Å². The van der Waals surface area contributed by atoms with Crippen LogP contribution in [0, 0.1) is 11.8 Å². The Morgan fingerprint density at radius 1 is 0.633 bits per heavy atom. The van der Waals surface area contributed by atoms with Gasteiger partial charge in [0.1, 0.15) is 42.3 Å². The molecule has 0 aromatic carbocycles. The zero-order valence-electron chi connectivity index (χ0n) is 34.1.